The molecule has 0 amide bonds. The first-order valence-electron chi connectivity index (χ1n) is 5.38. The van der Waals surface area contributed by atoms with Crippen molar-refractivity contribution in [2.75, 3.05) is 7.11 Å². The summed E-state index contributed by atoms with van der Waals surface area (Å²) in [4.78, 5) is 16.2. The highest BCUT2D eigenvalue weighted by Gasteiger charge is 2.13. The largest absolute Gasteiger partial charge is 0.465 e. The van der Waals surface area contributed by atoms with Crippen molar-refractivity contribution < 1.29 is 9.53 Å². The first-order chi connectivity index (χ1) is 8.26. The average Bonchev–Trinajstić information content (AvgIpc) is 2.87. The van der Waals surface area contributed by atoms with E-state index >= 15 is 0 Å². The molecule has 2 aromatic rings. The molecule has 0 N–H and O–H groups in total. The van der Waals surface area contributed by atoms with Crippen molar-refractivity contribution in [2.24, 2.45) is 0 Å². The van der Waals surface area contributed by atoms with Crippen LogP contribution in [0, 0.1) is 0 Å². The number of ether oxygens (including phenoxy) is 1. The molecule has 0 unspecified atom stereocenters. The highest BCUT2D eigenvalue weighted by Crippen LogP contribution is 2.28. The number of benzene rings is 1. The molecule has 0 aliphatic carbocycles. The monoisotopic (exact) mass is 247 g/mol. The summed E-state index contributed by atoms with van der Waals surface area (Å²) in [6.07, 6.45) is 2.52. The second kappa shape index (κ2) is 5.10. The van der Waals surface area contributed by atoms with Gasteiger partial charge in [0, 0.05) is 5.56 Å². The summed E-state index contributed by atoms with van der Waals surface area (Å²) in [6, 6.07) is 8.10. The van der Waals surface area contributed by atoms with Crippen LogP contribution >= 0.6 is 11.3 Å². The Balaban J connectivity index is 2.40. The van der Waals surface area contributed by atoms with Crippen molar-refractivity contribution in [3.8, 4) is 10.6 Å². The third kappa shape index (κ3) is 2.36. The van der Waals surface area contributed by atoms with E-state index in [1.165, 1.54) is 24.0 Å². The van der Waals surface area contributed by atoms with Gasteiger partial charge in [0.15, 0.2) is 0 Å². The molecule has 0 fully saturated rings. The van der Waals surface area contributed by atoms with Crippen LogP contribution in [0.25, 0.3) is 10.6 Å². The molecule has 17 heavy (non-hydrogen) atoms. The minimum absolute atomic E-state index is 0.331. The second-order valence-corrected chi connectivity index (χ2v) is 4.56. The highest BCUT2D eigenvalue weighted by atomic mass is 32.1. The van der Waals surface area contributed by atoms with Gasteiger partial charge in [-0.3, -0.25) is 0 Å². The predicted molar refractivity (Wildman–Crippen MR) is 68.3 cm³/mol. The number of esters is 1. The van der Waals surface area contributed by atoms with Gasteiger partial charge in [0.05, 0.1) is 13.3 Å². The first kappa shape index (κ1) is 11.8. The van der Waals surface area contributed by atoms with Gasteiger partial charge >= 0.3 is 5.97 Å². The highest BCUT2D eigenvalue weighted by molar-refractivity contribution is 7.16. The zero-order chi connectivity index (χ0) is 12.3. The standard InChI is InChI=1S/C13H13NO2S/c1-3-9-6-4-5-7-10(9)12-14-8-11(17-12)13(15)16-2/h4-8H,3H2,1-2H3. The molecule has 2 rings (SSSR count). The number of thiazole rings is 1. The Morgan fingerprint density at radius 2 is 2.18 bits per heavy atom. The molecule has 1 heterocycles. The summed E-state index contributed by atoms with van der Waals surface area (Å²) in [6.45, 7) is 2.10. The van der Waals surface area contributed by atoms with E-state index in [1.807, 2.05) is 18.2 Å². The summed E-state index contributed by atoms with van der Waals surface area (Å²) >= 11 is 1.36. The number of methoxy groups -OCH3 is 1. The van der Waals surface area contributed by atoms with Crippen LogP contribution in [0.2, 0.25) is 0 Å². The number of nitrogens with zero attached hydrogens (tertiary/aromatic N) is 1. The van der Waals surface area contributed by atoms with Gasteiger partial charge < -0.3 is 4.74 Å². The van der Waals surface area contributed by atoms with E-state index in [1.54, 1.807) is 6.20 Å². The zero-order valence-corrected chi connectivity index (χ0v) is 10.6. The fraction of sp³-hybridized carbons (Fsp3) is 0.231. The summed E-state index contributed by atoms with van der Waals surface area (Å²) in [5, 5.41) is 0.864. The van der Waals surface area contributed by atoms with Crippen LogP contribution in [0.4, 0.5) is 0 Å². The van der Waals surface area contributed by atoms with E-state index in [0.717, 1.165) is 17.0 Å². The normalized spacial score (nSPS) is 10.2. The van der Waals surface area contributed by atoms with Gasteiger partial charge in [0.2, 0.25) is 0 Å². The third-order valence-corrected chi connectivity index (χ3v) is 3.53. The van der Waals surface area contributed by atoms with Crippen LogP contribution in [0.1, 0.15) is 22.2 Å². The SMILES string of the molecule is CCc1ccccc1-c1ncc(C(=O)OC)s1. The van der Waals surface area contributed by atoms with E-state index < -0.39 is 0 Å². The minimum Gasteiger partial charge on any atom is -0.465 e. The second-order valence-electron chi connectivity index (χ2n) is 3.53. The number of aromatic nitrogens is 1. The van der Waals surface area contributed by atoms with Crippen LogP contribution in [-0.2, 0) is 11.2 Å². The number of aryl methyl sites for hydroxylation is 1. The van der Waals surface area contributed by atoms with Gasteiger partial charge in [-0.2, -0.15) is 0 Å². The quantitative estimate of drug-likeness (QED) is 0.782. The summed E-state index contributed by atoms with van der Waals surface area (Å²) in [5.41, 5.74) is 2.33. The van der Waals surface area contributed by atoms with Gasteiger partial charge in [-0.25, -0.2) is 9.78 Å². The summed E-state index contributed by atoms with van der Waals surface area (Å²) in [7, 11) is 1.38. The van der Waals surface area contributed by atoms with Crippen molar-refractivity contribution in [2.45, 2.75) is 13.3 Å². The number of carbonyl (C=O) groups excluding carboxylic acids is 1. The first-order valence-corrected chi connectivity index (χ1v) is 6.20. The van der Waals surface area contributed by atoms with E-state index in [4.69, 9.17) is 0 Å². The molecule has 0 atom stereocenters. The molecule has 4 heteroatoms. The molecule has 1 aromatic carbocycles. The Bertz CT molecular complexity index is 534. The lowest BCUT2D eigenvalue weighted by atomic mass is 10.1. The van der Waals surface area contributed by atoms with Gasteiger partial charge in [0.25, 0.3) is 0 Å². The Morgan fingerprint density at radius 1 is 1.41 bits per heavy atom. The maximum absolute atomic E-state index is 11.4. The lowest BCUT2D eigenvalue weighted by molar-refractivity contribution is 0.0606. The Kier molecular flexibility index (Phi) is 3.54. The van der Waals surface area contributed by atoms with Crippen LogP contribution in [-0.4, -0.2) is 18.1 Å². The Labute approximate surface area is 104 Å². The number of rotatable bonds is 3. The molecule has 1 aromatic heterocycles. The molecular weight excluding hydrogens is 234 g/mol. The fourth-order valence-corrected chi connectivity index (χ4v) is 2.53. The average molecular weight is 247 g/mol. The third-order valence-electron chi connectivity index (χ3n) is 2.52. The van der Waals surface area contributed by atoms with Gasteiger partial charge in [-0.1, -0.05) is 31.2 Å². The molecule has 0 saturated heterocycles. The van der Waals surface area contributed by atoms with Crippen LogP contribution in [0.5, 0.6) is 0 Å². The molecule has 0 spiro atoms. The van der Waals surface area contributed by atoms with Gasteiger partial charge in [0.1, 0.15) is 9.88 Å². The molecule has 0 saturated carbocycles. The minimum atomic E-state index is -0.331. The van der Waals surface area contributed by atoms with Crippen molar-refractivity contribution >= 4 is 17.3 Å². The van der Waals surface area contributed by atoms with E-state index in [-0.39, 0.29) is 5.97 Å². The van der Waals surface area contributed by atoms with Crippen molar-refractivity contribution in [3.05, 3.63) is 40.9 Å². The number of carbonyl (C=O) groups is 1. The van der Waals surface area contributed by atoms with Crippen LogP contribution < -0.4 is 0 Å². The summed E-state index contributed by atoms with van der Waals surface area (Å²) < 4.78 is 4.67. The predicted octanol–water partition coefficient (Wildman–Crippen LogP) is 3.16. The van der Waals surface area contributed by atoms with Gasteiger partial charge in [-0.15, -0.1) is 11.3 Å². The zero-order valence-electron chi connectivity index (χ0n) is 9.77. The van der Waals surface area contributed by atoms with Crippen LogP contribution in [0.3, 0.4) is 0 Å². The van der Waals surface area contributed by atoms with Crippen molar-refractivity contribution in [1.29, 1.82) is 0 Å². The molecular formula is C13H13NO2S. The maximum Gasteiger partial charge on any atom is 0.349 e. The molecule has 3 nitrogen and oxygen atoms in total. The topological polar surface area (TPSA) is 39.2 Å². The molecule has 0 aliphatic heterocycles. The van der Waals surface area contributed by atoms with E-state index in [9.17, 15) is 4.79 Å². The Morgan fingerprint density at radius 3 is 2.88 bits per heavy atom. The number of hydrogen-bond donors (Lipinski definition) is 0. The Hall–Kier alpha value is -1.68. The lowest BCUT2D eigenvalue weighted by Gasteiger charge is -2.03. The van der Waals surface area contributed by atoms with Crippen LogP contribution in [0.15, 0.2) is 30.5 Å². The summed E-state index contributed by atoms with van der Waals surface area (Å²) in [5.74, 6) is -0.331. The maximum atomic E-state index is 11.4. The van der Waals surface area contributed by atoms with E-state index in [0.29, 0.717) is 4.88 Å². The smallest absolute Gasteiger partial charge is 0.349 e. The van der Waals surface area contributed by atoms with Crippen molar-refractivity contribution in [3.63, 3.8) is 0 Å². The fourth-order valence-electron chi connectivity index (χ4n) is 1.63. The lowest BCUT2D eigenvalue weighted by Crippen LogP contribution is -1.96. The number of hydrogen-bond acceptors (Lipinski definition) is 4. The molecule has 88 valence electrons. The molecule has 0 radical (unpaired) electrons. The van der Waals surface area contributed by atoms with E-state index in [2.05, 4.69) is 22.7 Å². The molecule has 0 aliphatic rings. The van der Waals surface area contributed by atoms with Crippen molar-refractivity contribution in [1.82, 2.24) is 4.98 Å². The molecule has 0 bridgehead atoms. The van der Waals surface area contributed by atoms with Gasteiger partial charge in [-0.05, 0) is 12.0 Å².